The predicted molar refractivity (Wildman–Crippen MR) is 109 cm³/mol. The minimum atomic E-state index is -0.0785. The summed E-state index contributed by atoms with van der Waals surface area (Å²) in [5, 5.41) is 3.39. The number of nitrogens with zero attached hydrogens (tertiary/aromatic N) is 2. The fourth-order valence-electron chi connectivity index (χ4n) is 3.98. The lowest BCUT2D eigenvalue weighted by atomic mass is 9.97. The smallest absolute Gasteiger partial charge is 0.308 e. The van der Waals surface area contributed by atoms with Crippen LogP contribution in [0.3, 0.4) is 0 Å². The number of guanidine groups is 1. The lowest BCUT2D eigenvalue weighted by Crippen LogP contribution is -2.46. The number of rotatable bonds is 8. The van der Waals surface area contributed by atoms with Gasteiger partial charge in [-0.1, -0.05) is 25.7 Å². The van der Waals surface area contributed by atoms with E-state index < -0.39 is 0 Å². The average Bonchev–Trinajstić information content (AvgIpc) is 2.98. The summed E-state index contributed by atoms with van der Waals surface area (Å²) in [5.41, 5.74) is 0. The molecule has 6 nitrogen and oxygen atoms in total. The van der Waals surface area contributed by atoms with Gasteiger partial charge in [0.05, 0.1) is 19.1 Å². The summed E-state index contributed by atoms with van der Waals surface area (Å²) in [5.74, 6) is 0.936. The maximum atomic E-state index is 11.7. The molecule has 1 N–H and O–H groups in total. The molecule has 0 aromatic heterocycles. The molecule has 2 rings (SSSR count). The summed E-state index contributed by atoms with van der Waals surface area (Å²) in [6.07, 6.45) is 12.2. The highest BCUT2D eigenvalue weighted by Crippen LogP contribution is 2.20. The van der Waals surface area contributed by atoms with Gasteiger partial charge in [-0.3, -0.25) is 9.79 Å². The van der Waals surface area contributed by atoms with Gasteiger partial charge in [-0.2, -0.15) is 0 Å². The second kappa shape index (κ2) is 13.0. The van der Waals surface area contributed by atoms with Crippen LogP contribution in [0.5, 0.6) is 0 Å². The molecule has 27 heavy (non-hydrogen) atoms. The van der Waals surface area contributed by atoms with Gasteiger partial charge in [0, 0.05) is 32.8 Å². The largest absolute Gasteiger partial charge is 0.469 e. The van der Waals surface area contributed by atoms with Crippen molar-refractivity contribution in [3.8, 4) is 0 Å². The molecule has 0 atom stereocenters. The van der Waals surface area contributed by atoms with E-state index in [4.69, 9.17) is 14.5 Å². The molecule has 2 fully saturated rings. The number of carbonyl (C=O) groups excluding carboxylic acids is 1. The second-order valence-electron chi connectivity index (χ2n) is 7.71. The Kier molecular flexibility index (Phi) is 10.6. The quantitative estimate of drug-likeness (QED) is 0.230. The van der Waals surface area contributed by atoms with Gasteiger partial charge >= 0.3 is 5.97 Å². The van der Waals surface area contributed by atoms with Crippen LogP contribution in [0.4, 0.5) is 0 Å². The number of hydrogen-bond acceptors (Lipinski definition) is 4. The van der Waals surface area contributed by atoms with Crippen molar-refractivity contribution in [3.05, 3.63) is 0 Å². The number of ether oxygens (including phenoxy) is 2. The molecule has 0 unspecified atom stereocenters. The molecule has 0 aromatic carbocycles. The molecule has 0 radical (unpaired) electrons. The Balaban J connectivity index is 1.65. The summed E-state index contributed by atoms with van der Waals surface area (Å²) in [6, 6.07) is 0. The molecule has 6 heteroatoms. The van der Waals surface area contributed by atoms with Crippen molar-refractivity contribution >= 4 is 11.9 Å². The lowest BCUT2D eigenvalue weighted by molar-refractivity contribution is -0.146. The number of esters is 1. The third-order valence-corrected chi connectivity index (χ3v) is 5.63. The summed E-state index contributed by atoms with van der Waals surface area (Å²) in [4.78, 5) is 18.7. The van der Waals surface area contributed by atoms with Gasteiger partial charge in [0.1, 0.15) is 0 Å². The van der Waals surface area contributed by atoms with Crippen LogP contribution >= 0.6 is 0 Å². The van der Waals surface area contributed by atoms with Crippen LogP contribution in [-0.2, 0) is 14.3 Å². The van der Waals surface area contributed by atoms with E-state index in [1.54, 1.807) is 0 Å². The number of piperidine rings is 1. The minimum Gasteiger partial charge on any atom is -0.469 e. The number of unbranched alkanes of at least 4 members (excludes halogenated alkanes) is 1. The topological polar surface area (TPSA) is 63.2 Å². The maximum Gasteiger partial charge on any atom is 0.308 e. The Bertz CT molecular complexity index is 440. The molecule has 1 aliphatic heterocycles. The van der Waals surface area contributed by atoms with Crippen molar-refractivity contribution < 1.29 is 14.3 Å². The number of likely N-dealkylation sites (tertiary alicyclic amines) is 1. The minimum absolute atomic E-state index is 0.0373. The van der Waals surface area contributed by atoms with Gasteiger partial charge in [-0.25, -0.2) is 0 Å². The third kappa shape index (κ3) is 8.08. The first-order chi connectivity index (χ1) is 13.2. The lowest BCUT2D eigenvalue weighted by Gasteiger charge is -2.33. The molecule has 1 heterocycles. The Morgan fingerprint density at radius 3 is 2.41 bits per heavy atom. The summed E-state index contributed by atoms with van der Waals surface area (Å²) in [7, 11) is 1.47. The number of hydrogen-bond donors (Lipinski definition) is 1. The van der Waals surface area contributed by atoms with E-state index in [9.17, 15) is 4.79 Å². The first-order valence-corrected chi connectivity index (χ1v) is 11.0. The SMILES string of the molecule is CCNC(=NCCCCOC1CCCCCC1)N1CCC(C(=O)OC)CC1. The van der Waals surface area contributed by atoms with E-state index in [2.05, 4.69) is 17.1 Å². The average molecular weight is 382 g/mol. The number of aliphatic imine (C=N–C) groups is 1. The molecule has 2 aliphatic rings. The molecule has 0 spiro atoms. The molecular weight excluding hydrogens is 342 g/mol. The van der Waals surface area contributed by atoms with Crippen molar-refractivity contribution in [3.63, 3.8) is 0 Å². The second-order valence-corrected chi connectivity index (χ2v) is 7.71. The van der Waals surface area contributed by atoms with E-state index in [1.165, 1.54) is 45.6 Å². The van der Waals surface area contributed by atoms with Crippen LogP contribution in [0.1, 0.15) is 71.1 Å². The predicted octanol–water partition coefficient (Wildman–Crippen LogP) is 3.36. The summed E-state index contributed by atoms with van der Waals surface area (Å²) in [6.45, 7) is 6.36. The van der Waals surface area contributed by atoms with Gasteiger partial charge in [-0.05, 0) is 45.4 Å². The maximum absolute atomic E-state index is 11.7. The normalized spacial score (nSPS) is 20.4. The fraction of sp³-hybridized carbons (Fsp3) is 0.905. The van der Waals surface area contributed by atoms with E-state index >= 15 is 0 Å². The Labute approximate surface area is 165 Å². The van der Waals surface area contributed by atoms with Crippen LogP contribution in [0.25, 0.3) is 0 Å². The van der Waals surface area contributed by atoms with Gasteiger partial charge < -0.3 is 19.7 Å². The van der Waals surface area contributed by atoms with Crippen molar-refractivity contribution in [2.45, 2.75) is 77.2 Å². The number of carbonyl (C=O) groups is 1. The zero-order chi connectivity index (χ0) is 19.3. The van der Waals surface area contributed by atoms with E-state index in [0.717, 1.165) is 64.4 Å². The first-order valence-electron chi connectivity index (χ1n) is 11.0. The molecule has 0 aromatic rings. The highest BCUT2D eigenvalue weighted by Gasteiger charge is 2.26. The Morgan fingerprint density at radius 1 is 1.07 bits per heavy atom. The van der Waals surface area contributed by atoms with E-state index in [1.807, 2.05) is 0 Å². The standard InChI is InChI=1S/C21H39N3O3/c1-3-22-21(24-15-12-18(13-16-24)20(25)26-2)23-14-8-9-17-27-19-10-6-4-5-7-11-19/h18-19H,3-17H2,1-2H3,(H,22,23). The summed E-state index contributed by atoms with van der Waals surface area (Å²) >= 11 is 0. The van der Waals surface area contributed by atoms with Crippen molar-refractivity contribution in [2.24, 2.45) is 10.9 Å². The number of nitrogens with one attached hydrogen (secondary N) is 1. The van der Waals surface area contributed by atoms with Gasteiger partial charge in [0.25, 0.3) is 0 Å². The van der Waals surface area contributed by atoms with Crippen LogP contribution in [0.2, 0.25) is 0 Å². The molecule has 156 valence electrons. The molecule has 1 aliphatic carbocycles. The van der Waals surface area contributed by atoms with E-state index in [0.29, 0.717) is 6.10 Å². The van der Waals surface area contributed by atoms with Crippen LogP contribution in [0.15, 0.2) is 4.99 Å². The first kappa shape index (κ1) is 22.0. The van der Waals surface area contributed by atoms with Crippen molar-refractivity contribution in [1.29, 1.82) is 0 Å². The zero-order valence-electron chi connectivity index (χ0n) is 17.4. The van der Waals surface area contributed by atoms with Crippen molar-refractivity contribution in [1.82, 2.24) is 10.2 Å². The molecule has 1 saturated carbocycles. The van der Waals surface area contributed by atoms with Crippen LogP contribution < -0.4 is 5.32 Å². The highest BCUT2D eigenvalue weighted by atomic mass is 16.5. The van der Waals surface area contributed by atoms with Gasteiger partial charge in [0.15, 0.2) is 5.96 Å². The highest BCUT2D eigenvalue weighted by molar-refractivity contribution is 5.80. The third-order valence-electron chi connectivity index (χ3n) is 5.63. The summed E-state index contributed by atoms with van der Waals surface area (Å²) < 4.78 is 10.9. The Morgan fingerprint density at radius 2 is 1.78 bits per heavy atom. The zero-order valence-corrected chi connectivity index (χ0v) is 17.4. The van der Waals surface area contributed by atoms with Crippen LogP contribution in [0, 0.1) is 5.92 Å². The van der Waals surface area contributed by atoms with Crippen LogP contribution in [-0.4, -0.2) is 62.8 Å². The fourth-order valence-corrected chi connectivity index (χ4v) is 3.98. The molecule has 1 saturated heterocycles. The monoisotopic (exact) mass is 381 g/mol. The van der Waals surface area contributed by atoms with E-state index in [-0.39, 0.29) is 11.9 Å². The Hall–Kier alpha value is -1.30. The molecule has 0 amide bonds. The number of methoxy groups -OCH3 is 1. The van der Waals surface area contributed by atoms with Crippen molar-refractivity contribution in [2.75, 3.05) is 39.9 Å². The van der Waals surface area contributed by atoms with Gasteiger partial charge in [-0.15, -0.1) is 0 Å². The molecular formula is C21H39N3O3. The van der Waals surface area contributed by atoms with Gasteiger partial charge in [0.2, 0.25) is 0 Å². The molecule has 0 bridgehead atoms.